The number of anilines is 2. The normalized spacial score (nSPS) is 10.1. The third kappa shape index (κ3) is 5.87. The Morgan fingerprint density at radius 3 is 2.79 bits per heavy atom. The number of thioether (sulfide) groups is 1. The van der Waals surface area contributed by atoms with Crippen molar-refractivity contribution in [3.63, 3.8) is 0 Å². The summed E-state index contributed by atoms with van der Waals surface area (Å²) in [5.74, 6) is 1.77. The van der Waals surface area contributed by atoms with Gasteiger partial charge in [-0.15, -0.1) is 0 Å². The molecule has 0 bridgehead atoms. The van der Waals surface area contributed by atoms with Crippen LogP contribution in [0.5, 0.6) is 5.75 Å². The van der Waals surface area contributed by atoms with E-state index >= 15 is 0 Å². The van der Waals surface area contributed by atoms with Gasteiger partial charge in [-0.3, -0.25) is 4.79 Å². The molecular weight excluding hydrogens is 260 g/mol. The first-order valence-corrected chi connectivity index (χ1v) is 7.75. The second-order valence-electron chi connectivity index (χ2n) is 4.22. The lowest BCUT2D eigenvalue weighted by atomic mass is 10.2. The van der Waals surface area contributed by atoms with Gasteiger partial charge in [-0.2, -0.15) is 11.8 Å². The number of methoxy groups -OCH3 is 1. The van der Waals surface area contributed by atoms with Crippen molar-refractivity contribution in [3.05, 3.63) is 18.2 Å². The van der Waals surface area contributed by atoms with Gasteiger partial charge in [-0.1, -0.05) is 0 Å². The van der Waals surface area contributed by atoms with E-state index in [2.05, 4.69) is 16.9 Å². The number of ether oxygens (including phenoxy) is 1. The van der Waals surface area contributed by atoms with Crippen LogP contribution < -0.4 is 15.4 Å². The first kappa shape index (κ1) is 15.7. The minimum Gasteiger partial charge on any atom is -0.494 e. The molecule has 4 nitrogen and oxygen atoms in total. The highest BCUT2D eigenvalue weighted by Crippen LogP contribution is 2.27. The maximum absolute atomic E-state index is 11.1. The zero-order valence-electron chi connectivity index (χ0n) is 11.8. The van der Waals surface area contributed by atoms with Gasteiger partial charge in [0.25, 0.3) is 0 Å². The Balaban J connectivity index is 2.53. The molecule has 0 fully saturated rings. The number of unbranched alkanes of at least 4 members (excludes halogenated alkanes) is 1. The van der Waals surface area contributed by atoms with Crippen molar-refractivity contribution >= 4 is 29.0 Å². The maximum atomic E-state index is 11.1. The van der Waals surface area contributed by atoms with Crippen LogP contribution in [-0.4, -0.2) is 31.6 Å². The number of carbonyl (C=O) groups excluding carboxylic acids is 1. The molecule has 0 heterocycles. The Morgan fingerprint density at radius 1 is 1.37 bits per heavy atom. The van der Waals surface area contributed by atoms with E-state index in [-0.39, 0.29) is 5.91 Å². The SMILES string of the molecule is COc1cc(NCCCCSC)ccc1NC(C)=O. The van der Waals surface area contributed by atoms with E-state index in [1.54, 1.807) is 7.11 Å². The molecule has 0 atom stereocenters. The average Bonchev–Trinajstić information content (AvgIpc) is 2.39. The van der Waals surface area contributed by atoms with Crippen molar-refractivity contribution < 1.29 is 9.53 Å². The average molecular weight is 282 g/mol. The van der Waals surface area contributed by atoms with Crippen LogP contribution in [0, 0.1) is 0 Å². The highest BCUT2D eigenvalue weighted by atomic mass is 32.2. The molecule has 0 saturated carbocycles. The van der Waals surface area contributed by atoms with E-state index in [4.69, 9.17) is 4.74 Å². The number of carbonyl (C=O) groups is 1. The van der Waals surface area contributed by atoms with Crippen LogP contribution in [0.2, 0.25) is 0 Å². The zero-order valence-corrected chi connectivity index (χ0v) is 12.6. The summed E-state index contributed by atoms with van der Waals surface area (Å²) in [7, 11) is 1.60. The van der Waals surface area contributed by atoms with Crippen LogP contribution in [0.1, 0.15) is 19.8 Å². The minimum absolute atomic E-state index is 0.101. The van der Waals surface area contributed by atoms with Gasteiger partial charge in [0.05, 0.1) is 12.8 Å². The predicted molar refractivity (Wildman–Crippen MR) is 83.4 cm³/mol. The van der Waals surface area contributed by atoms with Crippen molar-refractivity contribution in [3.8, 4) is 5.75 Å². The van der Waals surface area contributed by atoms with Gasteiger partial charge >= 0.3 is 0 Å². The molecule has 1 rings (SSSR count). The molecule has 0 aromatic heterocycles. The zero-order chi connectivity index (χ0) is 14.1. The third-order valence-electron chi connectivity index (χ3n) is 2.62. The fourth-order valence-electron chi connectivity index (χ4n) is 1.70. The summed E-state index contributed by atoms with van der Waals surface area (Å²) in [6.07, 6.45) is 4.49. The molecule has 0 aliphatic heterocycles. The molecule has 19 heavy (non-hydrogen) atoms. The molecule has 0 radical (unpaired) electrons. The lowest BCUT2D eigenvalue weighted by molar-refractivity contribution is -0.114. The van der Waals surface area contributed by atoms with Crippen LogP contribution in [0.4, 0.5) is 11.4 Å². The Kier molecular flexibility index (Phi) is 7.18. The molecular formula is C14H22N2O2S. The molecule has 106 valence electrons. The highest BCUT2D eigenvalue weighted by Gasteiger charge is 2.05. The Bertz CT molecular complexity index is 410. The fourth-order valence-corrected chi connectivity index (χ4v) is 2.19. The smallest absolute Gasteiger partial charge is 0.221 e. The summed E-state index contributed by atoms with van der Waals surface area (Å²) in [6, 6.07) is 5.70. The van der Waals surface area contributed by atoms with E-state index in [1.165, 1.54) is 19.1 Å². The summed E-state index contributed by atoms with van der Waals surface area (Å²) in [6.45, 7) is 2.43. The van der Waals surface area contributed by atoms with Gasteiger partial charge in [0.1, 0.15) is 5.75 Å². The molecule has 0 aliphatic rings. The van der Waals surface area contributed by atoms with Crippen LogP contribution in [0.25, 0.3) is 0 Å². The van der Waals surface area contributed by atoms with Gasteiger partial charge in [-0.05, 0) is 37.0 Å². The lowest BCUT2D eigenvalue weighted by Crippen LogP contribution is -2.08. The molecule has 0 spiro atoms. The second-order valence-corrected chi connectivity index (χ2v) is 5.21. The molecule has 1 aromatic rings. The number of nitrogens with one attached hydrogen (secondary N) is 2. The van der Waals surface area contributed by atoms with E-state index in [0.717, 1.165) is 18.7 Å². The molecule has 0 unspecified atom stereocenters. The van der Waals surface area contributed by atoms with E-state index < -0.39 is 0 Å². The van der Waals surface area contributed by atoms with E-state index in [1.807, 2.05) is 30.0 Å². The Morgan fingerprint density at radius 2 is 2.16 bits per heavy atom. The topological polar surface area (TPSA) is 50.4 Å². The van der Waals surface area contributed by atoms with Crippen molar-refractivity contribution in [1.82, 2.24) is 0 Å². The van der Waals surface area contributed by atoms with Crippen LogP contribution in [0.3, 0.4) is 0 Å². The monoisotopic (exact) mass is 282 g/mol. The quantitative estimate of drug-likeness (QED) is 0.719. The number of hydrogen-bond acceptors (Lipinski definition) is 4. The summed E-state index contributed by atoms with van der Waals surface area (Å²) in [5, 5.41) is 6.10. The van der Waals surface area contributed by atoms with Gasteiger partial charge in [0.15, 0.2) is 0 Å². The Labute approximate surface area is 119 Å². The van der Waals surface area contributed by atoms with E-state index in [0.29, 0.717) is 11.4 Å². The maximum Gasteiger partial charge on any atom is 0.221 e. The number of rotatable bonds is 8. The highest BCUT2D eigenvalue weighted by molar-refractivity contribution is 7.98. The molecule has 5 heteroatoms. The first-order chi connectivity index (χ1) is 9.17. The number of hydrogen-bond donors (Lipinski definition) is 2. The van der Waals surface area contributed by atoms with E-state index in [9.17, 15) is 4.79 Å². The van der Waals surface area contributed by atoms with Crippen LogP contribution >= 0.6 is 11.8 Å². The van der Waals surface area contributed by atoms with Gasteiger partial charge in [-0.25, -0.2) is 0 Å². The third-order valence-corrected chi connectivity index (χ3v) is 3.31. The molecule has 0 saturated heterocycles. The summed E-state index contributed by atoms with van der Waals surface area (Å²) in [5.41, 5.74) is 1.71. The largest absolute Gasteiger partial charge is 0.494 e. The second kappa shape index (κ2) is 8.69. The number of amides is 1. The van der Waals surface area contributed by atoms with Crippen LogP contribution in [-0.2, 0) is 4.79 Å². The van der Waals surface area contributed by atoms with Crippen molar-refractivity contribution in [2.75, 3.05) is 36.3 Å². The minimum atomic E-state index is -0.101. The molecule has 1 amide bonds. The number of benzene rings is 1. The van der Waals surface area contributed by atoms with Crippen molar-refractivity contribution in [2.45, 2.75) is 19.8 Å². The fraction of sp³-hybridized carbons (Fsp3) is 0.500. The van der Waals surface area contributed by atoms with Crippen molar-refractivity contribution in [1.29, 1.82) is 0 Å². The van der Waals surface area contributed by atoms with Crippen molar-refractivity contribution in [2.24, 2.45) is 0 Å². The lowest BCUT2D eigenvalue weighted by Gasteiger charge is -2.12. The summed E-state index contributed by atoms with van der Waals surface area (Å²) >= 11 is 1.87. The first-order valence-electron chi connectivity index (χ1n) is 6.36. The Hall–Kier alpha value is -1.36. The molecule has 0 aliphatic carbocycles. The van der Waals surface area contributed by atoms with Crippen LogP contribution in [0.15, 0.2) is 18.2 Å². The predicted octanol–water partition coefficient (Wildman–Crippen LogP) is 3.21. The molecule has 2 N–H and O–H groups in total. The summed E-state index contributed by atoms with van der Waals surface area (Å²) in [4.78, 5) is 11.1. The molecule has 1 aromatic carbocycles. The van der Waals surface area contributed by atoms with Gasteiger partial charge in [0, 0.05) is 25.2 Å². The van der Waals surface area contributed by atoms with Gasteiger partial charge < -0.3 is 15.4 Å². The summed E-state index contributed by atoms with van der Waals surface area (Å²) < 4.78 is 5.27. The van der Waals surface area contributed by atoms with Gasteiger partial charge in [0.2, 0.25) is 5.91 Å². The standard InChI is InChI=1S/C14H22N2O2S/c1-11(17)16-13-7-6-12(10-14(13)18-2)15-8-4-5-9-19-3/h6-7,10,15H,4-5,8-9H2,1-3H3,(H,16,17).